The van der Waals surface area contributed by atoms with Crippen LogP contribution in [0.25, 0.3) is 10.2 Å². The van der Waals surface area contributed by atoms with E-state index in [1.807, 2.05) is 0 Å². The standard InChI is InChI=1S/C14H18ClN3S/c1-9(2)10-3-6-18(7-4-10)12-11-5-8-19-13(11)17-14(15)16-12/h5,8-10H,3-4,6-7H2,1-2H3. The molecule has 0 radical (unpaired) electrons. The van der Waals surface area contributed by atoms with E-state index in [-0.39, 0.29) is 0 Å². The summed E-state index contributed by atoms with van der Waals surface area (Å²) < 4.78 is 0. The Labute approximate surface area is 122 Å². The zero-order valence-electron chi connectivity index (χ0n) is 11.3. The van der Waals surface area contributed by atoms with Gasteiger partial charge in [-0.1, -0.05) is 13.8 Å². The van der Waals surface area contributed by atoms with Crippen molar-refractivity contribution < 1.29 is 0 Å². The maximum Gasteiger partial charge on any atom is 0.225 e. The first-order valence-corrected chi connectivity index (χ1v) is 8.06. The molecule has 3 heterocycles. The van der Waals surface area contributed by atoms with Crippen LogP contribution in [0.1, 0.15) is 26.7 Å². The molecule has 2 aromatic rings. The van der Waals surface area contributed by atoms with Crippen molar-refractivity contribution in [3.8, 4) is 0 Å². The Morgan fingerprint density at radius 1 is 1.32 bits per heavy atom. The van der Waals surface area contributed by atoms with E-state index in [2.05, 4.69) is 40.2 Å². The van der Waals surface area contributed by atoms with Crippen LogP contribution in [-0.2, 0) is 0 Å². The van der Waals surface area contributed by atoms with E-state index in [9.17, 15) is 0 Å². The summed E-state index contributed by atoms with van der Waals surface area (Å²) in [6.45, 7) is 6.78. The van der Waals surface area contributed by atoms with Gasteiger partial charge in [-0.15, -0.1) is 11.3 Å². The summed E-state index contributed by atoms with van der Waals surface area (Å²) in [4.78, 5) is 12.1. The minimum absolute atomic E-state index is 0.357. The van der Waals surface area contributed by atoms with Crippen molar-refractivity contribution >= 4 is 39.0 Å². The molecule has 0 unspecified atom stereocenters. The van der Waals surface area contributed by atoms with Crippen LogP contribution in [-0.4, -0.2) is 23.1 Å². The molecule has 2 aromatic heterocycles. The van der Waals surface area contributed by atoms with E-state index in [4.69, 9.17) is 11.6 Å². The molecule has 0 atom stereocenters. The largest absolute Gasteiger partial charge is 0.356 e. The zero-order chi connectivity index (χ0) is 13.4. The Hall–Kier alpha value is -0.870. The summed E-state index contributed by atoms with van der Waals surface area (Å²) in [7, 11) is 0. The third-order valence-corrected chi connectivity index (χ3v) is 5.04. The van der Waals surface area contributed by atoms with Gasteiger partial charge in [0.25, 0.3) is 0 Å². The SMILES string of the molecule is CC(C)C1CCN(c2nc(Cl)nc3sccc23)CC1. The van der Waals surface area contributed by atoms with E-state index >= 15 is 0 Å². The van der Waals surface area contributed by atoms with Crippen LogP contribution in [0.5, 0.6) is 0 Å². The second kappa shape index (κ2) is 5.25. The topological polar surface area (TPSA) is 29.0 Å². The number of anilines is 1. The number of fused-ring (bicyclic) bond motifs is 1. The fraction of sp³-hybridized carbons (Fsp3) is 0.571. The summed E-state index contributed by atoms with van der Waals surface area (Å²) in [5.74, 6) is 2.63. The number of rotatable bonds is 2. The van der Waals surface area contributed by atoms with Crippen LogP contribution < -0.4 is 4.90 Å². The molecule has 5 heteroatoms. The number of halogens is 1. The molecule has 0 aliphatic carbocycles. The maximum atomic E-state index is 6.04. The third kappa shape index (κ3) is 2.56. The predicted octanol–water partition coefficient (Wildman–Crippen LogP) is 4.22. The fourth-order valence-electron chi connectivity index (χ4n) is 2.83. The molecule has 3 rings (SSSR count). The zero-order valence-corrected chi connectivity index (χ0v) is 12.8. The Morgan fingerprint density at radius 3 is 2.74 bits per heavy atom. The van der Waals surface area contributed by atoms with Crippen molar-refractivity contribution in [3.05, 3.63) is 16.7 Å². The monoisotopic (exact) mass is 295 g/mol. The number of nitrogens with zero attached hydrogens (tertiary/aromatic N) is 3. The van der Waals surface area contributed by atoms with Crippen LogP contribution in [0.2, 0.25) is 5.28 Å². The molecule has 0 saturated carbocycles. The summed E-state index contributed by atoms with van der Waals surface area (Å²) in [6, 6.07) is 2.10. The molecule has 1 aliphatic rings. The van der Waals surface area contributed by atoms with Crippen LogP contribution in [0.4, 0.5) is 5.82 Å². The van der Waals surface area contributed by atoms with Gasteiger partial charge < -0.3 is 4.90 Å². The molecular weight excluding hydrogens is 278 g/mol. The van der Waals surface area contributed by atoms with Crippen molar-refractivity contribution in [1.29, 1.82) is 0 Å². The van der Waals surface area contributed by atoms with Gasteiger partial charge in [0.05, 0.1) is 5.39 Å². The Balaban J connectivity index is 1.87. The van der Waals surface area contributed by atoms with E-state index in [1.165, 1.54) is 12.8 Å². The second-order valence-electron chi connectivity index (χ2n) is 5.52. The summed E-state index contributed by atoms with van der Waals surface area (Å²) in [5, 5.41) is 3.55. The molecule has 3 nitrogen and oxygen atoms in total. The molecule has 1 aliphatic heterocycles. The van der Waals surface area contributed by atoms with Gasteiger partial charge in [0.15, 0.2) is 0 Å². The molecular formula is C14H18ClN3S. The van der Waals surface area contributed by atoms with Gasteiger partial charge >= 0.3 is 0 Å². The molecule has 102 valence electrons. The molecule has 0 spiro atoms. The molecule has 0 aromatic carbocycles. The lowest BCUT2D eigenvalue weighted by Gasteiger charge is -2.34. The maximum absolute atomic E-state index is 6.04. The van der Waals surface area contributed by atoms with Crippen LogP contribution in [0.3, 0.4) is 0 Å². The Kier molecular flexibility index (Phi) is 3.63. The quantitative estimate of drug-likeness (QED) is 0.777. The number of hydrogen-bond donors (Lipinski definition) is 0. The first-order chi connectivity index (χ1) is 9.15. The van der Waals surface area contributed by atoms with E-state index < -0.39 is 0 Å². The highest BCUT2D eigenvalue weighted by atomic mass is 35.5. The van der Waals surface area contributed by atoms with Crippen LogP contribution in [0.15, 0.2) is 11.4 Å². The second-order valence-corrected chi connectivity index (χ2v) is 6.76. The van der Waals surface area contributed by atoms with Gasteiger partial charge in [-0.2, -0.15) is 4.98 Å². The summed E-state index contributed by atoms with van der Waals surface area (Å²) in [6.07, 6.45) is 2.48. The minimum Gasteiger partial charge on any atom is -0.356 e. The summed E-state index contributed by atoms with van der Waals surface area (Å²) >= 11 is 7.66. The van der Waals surface area contributed by atoms with Crippen LogP contribution >= 0.6 is 22.9 Å². The first-order valence-electron chi connectivity index (χ1n) is 6.81. The van der Waals surface area contributed by atoms with Gasteiger partial charge in [-0.3, -0.25) is 0 Å². The van der Waals surface area contributed by atoms with E-state index in [1.54, 1.807) is 11.3 Å². The van der Waals surface area contributed by atoms with Gasteiger partial charge in [0.1, 0.15) is 10.6 Å². The lowest BCUT2D eigenvalue weighted by molar-refractivity contribution is 0.311. The van der Waals surface area contributed by atoms with Crippen molar-refractivity contribution in [2.24, 2.45) is 11.8 Å². The molecule has 0 bridgehead atoms. The highest BCUT2D eigenvalue weighted by Crippen LogP contribution is 2.33. The highest BCUT2D eigenvalue weighted by Gasteiger charge is 2.24. The fourth-order valence-corrected chi connectivity index (χ4v) is 3.81. The van der Waals surface area contributed by atoms with Crippen molar-refractivity contribution in [3.63, 3.8) is 0 Å². The number of hydrogen-bond acceptors (Lipinski definition) is 4. The van der Waals surface area contributed by atoms with E-state index in [0.29, 0.717) is 5.28 Å². The number of aromatic nitrogens is 2. The Bertz CT molecular complexity index is 573. The normalized spacial score (nSPS) is 17.6. The minimum atomic E-state index is 0.357. The highest BCUT2D eigenvalue weighted by molar-refractivity contribution is 7.16. The Morgan fingerprint density at radius 2 is 2.05 bits per heavy atom. The third-order valence-electron chi connectivity index (χ3n) is 4.06. The van der Waals surface area contributed by atoms with Gasteiger partial charge in [0.2, 0.25) is 5.28 Å². The number of piperidine rings is 1. The smallest absolute Gasteiger partial charge is 0.225 e. The predicted molar refractivity (Wildman–Crippen MR) is 82.2 cm³/mol. The van der Waals surface area contributed by atoms with Crippen molar-refractivity contribution in [1.82, 2.24) is 9.97 Å². The van der Waals surface area contributed by atoms with Crippen molar-refractivity contribution in [2.75, 3.05) is 18.0 Å². The molecule has 1 fully saturated rings. The van der Waals surface area contributed by atoms with Gasteiger partial charge in [-0.25, -0.2) is 4.98 Å². The van der Waals surface area contributed by atoms with Crippen molar-refractivity contribution in [2.45, 2.75) is 26.7 Å². The average molecular weight is 296 g/mol. The first kappa shape index (κ1) is 13.1. The van der Waals surface area contributed by atoms with Crippen LogP contribution in [0, 0.1) is 11.8 Å². The molecule has 0 N–H and O–H groups in total. The lowest BCUT2D eigenvalue weighted by Crippen LogP contribution is -2.35. The van der Waals surface area contributed by atoms with Gasteiger partial charge in [0, 0.05) is 13.1 Å². The number of thiophene rings is 1. The summed E-state index contributed by atoms with van der Waals surface area (Å²) in [5.41, 5.74) is 0. The lowest BCUT2D eigenvalue weighted by atomic mass is 9.87. The molecule has 0 amide bonds. The average Bonchev–Trinajstić information content (AvgIpc) is 2.85. The molecule has 1 saturated heterocycles. The van der Waals surface area contributed by atoms with E-state index in [0.717, 1.165) is 41.0 Å². The molecule has 19 heavy (non-hydrogen) atoms. The van der Waals surface area contributed by atoms with Gasteiger partial charge in [-0.05, 0) is 47.7 Å².